The normalized spacial score (nSPS) is 11.8. The highest BCUT2D eigenvalue weighted by Gasteiger charge is 2.22. The summed E-state index contributed by atoms with van der Waals surface area (Å²) in [4.78, 5) is 13.9. The molecule has 1 amide bonds. The molecular formula is C17H19NO2. The van der Waals surface area contributed by atoms with Gasteiger partial charge in [-0.3, -0.25) is 4.79 Å². The molecule has 2 aromatic rings. The molecule has 3 nitrogen and oxygen atoms in total. The van der Waals surface area contributed by atoms with Crippen molar-refractivity contribution in [3.63, 3.8) is 0 Å². The predicted molar refractivity (Wildman–Crippen MR) is 79.4 cm³/mol. The van der Waals surface area contributed by atoms with Gasteiger partial charge in [-0.2, -0.15) is 0 Å². The van der Waals surface area contributed by atoms with E-state index in [2.05, 4.69) is 6.58 Å². The second-order valence-corrected chi connectivity index (χ2v) is 4.75. The minimum atomic E-state index is -0.0500. The molecule has 0 bridgehead atoms. The molecule has 0 spiro atoms. The molecule has 0 aliphatic carbocycles. The van der Waals surface area contributed by atoms with Gasteiger partial charge in [0.1, 0.15) is 5.76 Å². The van der Waals surface area contributed by atoms with Gasteiger partial charge in [0.05, 0.1) is 12.2 Å². The molecule has 0 saturated carbocycles. The maximum Gasteiger partial charge on any atom is 0.223 e. The minimum absolute atomic E-state index is 0.0500. The van der Waals surface area contributed by atoms with Crippen molar-refractivity contribution < 1.29 is 9.21 Å². The van der Waals surface area contributed by atoms with E-state index in [4.69, 9.17) is 4.42 Å². The van der Waals surface area contributed by atoms with Gasteiger partial charge in [0, 0.05) is 20.0 Å². The topological polar surface area (TPSA) is 33.5 Å². The van der Waals surface area contributed by atoms with Crippen molar-refractivity contribution in [1.29, 1.82) is 0 Å². The van der Waals surface area contributed by atoms with Gasteiger partial charge in [-0.1, -0.05) is 36.4 Å². The van der Waals surface area contributed by atoms with Gasteiger partial charge < -0.3 is 9.32 Å². The van der Waals surface area contributed by atoms with Crippen molar-refractivity contribution >= 4 is 5.91 Å². The lowest BCUT2D eigenvalue weighted by atomic mass is 9.93. The van der Waals surface area contributed by atoms with E-state index < -0.39 is 0 Å². The van der Waals surface area contributed by atoms with Crippen LogP contribution in [0.2, 0.25) is 0 Å². The van der Waals surface area contributed by atoms with E-state index in [9.17, 15) is 4.79 Å². The Hall–Kier alpha value is -2.29. The van der Waals surface area contributed by atoms with Crippen molar-refractivity contribution in [1.82, 2.24) is 4.90 Å². The van der Waals surface area contributed by atoms with Crippen LogP contribution >= 0.6 is 0 Å². The van der Waals surface area contributed by atoms with Crippen LogP contribution in [0.4, 0.5) is 0 Å². The van der Waals surface area contributed by atoms with Crippen molar-refractivity contribution in [3.05, 3.63) is 72.7 Å². The number of hydrogen-bond acceptors (Lipinski definition) is 2. The third-order valence-corrected chi connectivity index (χ3v) is 3.30. The standard InChI is InChI=1S/C17H19NO2/c1-3-11-18(2)17(19)13-15(16-10-7-12-20-16)14-8-5-4-6-9-14/h3-10,12,15H,1,11,13H2,2H3/t15-/m0/s1. The highest BCUT2D eigenvalue weighted by atomic mass is 16.3. The molecule has 0 aliphatic heterocycles. The fourth-order valence-corrected chi connectivity index (χ4v) is 2.18. The molecule has 1 aromatic carbocycles. The van der Waals surface area contributed by atoms with Gasteiger partial charge in [0.15, 0.2) is 0 Å². The number of likely N-dealkylation sites (N-methyl/N-ethyl adjacent to an activating group) is 1. The number of carbonyl (C=O) groups is 1. The van der Waals surface area contributed by atoms with Gasteiger partial charge in [-0.15, -0.1) is 6.58 Å². The molecule has 0 unspecified atom stereocenters. The predicted octanol–water partition coefficient (Wildman–Crippen LogP) is 3.45. The summed E-state index contributed by atoms with van der Waals surface area (Å²) in [5, 5.41) is 0. The van der Waals surface area contributed by atoms with Crippen LogP contribution in [0.15, 0.2) is 65.8 Å². The quantitative estimate of drug-likeness (QED) is 0.753. The molecule has 20 heavy (non-hydrogen) atoms. The summed E-state index contributed by atoms with van der Waals surface area (Å²) >= 11 is 0. The molecule has 0 N–H and O–H groups in total. The molecule has 1 aromatic heterocycles. The Labute approximate surface area is 119 Å². The summed E-state index contributed by atoms with van der Waals surface area (Å²) in [6.45, 7) is 4.21. The largest absolute Gasteiger partial charge is 0.469 e. The maximum absolute atomic E-state index is 12.2. The Morgan fingerprint density at radius 1 is 1.30 bits per heavy atom. The first kappa shape index (κ1) is 14.1. The number of benzene rings is 1. The zero-order valence-electron chi connectivity index (χ0n) is 11.7. The third-order valence-electron chi connectivity index (χ3n) is 3.30. The van der Waals surface area contributed by atoms with Crippen molar-refractivity contribution in [3.8, 4) is 0 Å². The number of rotatable bonds is 6. The average molecular weight is 269 g/mol. The number of nitrogens with zero attached hydrogens (tertiary/aromatic N) is 1. The molecule has 104 valence electrons. The summed E-state index contributed by atoms with van der Waals surface area (Å²) in [6, 6.07) is 13.7. The first-order chi connectivity index (χ1) is 9.72. The summed E-state index contributed by atoms with van der Waals surface area (Å²) < 4.78 is 5.50. The van der Waals surface area contributed by atoms with E-state index in [1.54, 1.807) is 24.3 Å². The van der Waals surface area contributed by atoms with Crippen molar-refractivity contribution in [2.24, 2.45) is 0 Å². The highest BCUT2D eigenvalue weighted by Crippen LogP contribution is 2.28. The van der Waals surface area contributed by atoms with Crippen LogP contribution in [0.25, 0.3) is 0 Å². The van der Waals surface area contributed by atoms with E-state index in [0.29, 0.717) is 13.0 Å². The van der Waals surface area contributed by atoms with Crippen LogP contribution in [0.5, 0.6) is 0 Å². The Morgan fingerprint density at radius 2 is 2.05 bits per heavy atom. The summed E-state index contributed by atoms with van der Waals surface area (Å²) in [6.07, 6.45) is 3.76. The van der Waals surface area contributed by atoms with Gasteiger partial charge in [0.25, 0.3) is 0 Å². The first-order valence-corrected chi connectivity index (χ1v) is 6.65. The van der Waals surface area contributed by atoms with Crippen LogP contribution in [0.1, 0.15) is 23.7 Å². The lowest BCUT2D eigenvalue weighted by molar-refractivity contribution is -0.129. The molecule has 1 atom stereocenters. The Bertz CT molecular complexity index is 546. The van der Waals surface area contributed by atoms with Crippen LogP contribution in [0, 0.1) is 0 Å². The molecular weight excluding hydrogens is 250 g/mol. The zero-order chi connectivity index (χ0) is 14.4. The molecule has 1 heterocycles. The molecule has 0 radical (unpaired) electrons. The van der Waals surface area contributed by atoms with Gasteiger partial charge in [-0.25, -0.2) is 0 Å². The fraction of sp³-hybridized carbons (Fsp3) is 0.235. The van der Waals surface area contributed by atoms with E-state index in [0.717, 1.165) is 11.3 Å². The molecule has 2 rings (SSSR count). The summed E-state index contributed by atoms with van der Waals surface area (Å²) in [5.41, 5.74) is 1.09. The third kappa shape index (κ3) is 3.38. The van der Waals surface area contributed by atoms with E-state index >= 15 is 0 Å². The maximum atomic E-state index is 12.2. The second kappa shape index (κ2) is 6.75. The van der Waals surface area contributed by atoms with Gasteiger partial charge in [-0.05, 0) is 17.7 Å². The molecule has 0 fully saturated rings. The number of amides is 1. The number of furan rings is 1. The van der Waals surface area contributed by atoms with Crippen molar-refractivity contribution in [2.75, 3.05) is 13.6 Å². The van der Waals surface area contributed by atoms with E-state index in [-0.39, 0.29) is 11.8 Å². The van der Waals surface area contributed by atoms with Crippen molar-refractivity contribution in [2.45, 2.75) is 12.3 Å². The van der Waals surface area contributed by atoms with Crippen LogP contribution in [0.3, 0.4) is 0 Å². The fourth-order valence-electron chi connectivity index (χ4n) is 2.18. The second-order valence-electron chi connectivity index (χ2n) is 4.75. The Morgan fingerprint density at radius 3 is 2.65 bits per heavy atom. The van der Waals surface area contributed by atoms with Crippen LogP contribution in [-0.2, 0) is 4.79 Å². The SMILES string of the molecule is C=CCN(C)C(=O)C[C@@H](c1ccccc1)c1ccco1. The van der Waals surface area contributed by atoms with Gasteiger partial charge in [0.2, 0.25) is 5.91 Å². The van der Waals surface area contributed by atoms with E-state index in [1.165, 1.54) is 0 Å². The summed E-state index contributed by atoms with van der Waals surface area (Å²) in [5.74, 6) is 0.845. The summed E-state index contributed by atoms with van der Waals surface area (Å²) in [7, 11) is 1.79. The molecule has 0 saturated heterocycles. The number of carbonyl (C=O) groups excluding carboxylic acids is 1. The molecule has 3 heteroatoms. The van der Waals surface area contributed by atoms with Crippen LogP contribution < -0.4 is 0 Å². The smallest absolute Gasteiger partial charge is 0.223 e. The van der Waals surface area contributed by atoms with E-state index in [1.807, 2.05) is 42.5 Å². The minimum Gasteiger partial charge on any atom is -0.469 e. The zero-order valence-corrected chi connectivity index (χ0v) is 11.7. The van der Waals surface area contributed by atoms with Gasteiger partial charge >= 0.3 is 0 Å². The highest BCUT2D eigenvalue weighted by molar-refractivity contribution is 5.77. The monoisotopic (exact) mass is 269 g/mol. The average Bonchev–Trinajstić information content (AvgIpc) is 2.99. The Kier molecular flexibility index (Phi) is 4.77. The Balaban J connectivity index is 2.20. The first-order valence-electron chi connectivity index (χ1n) is 6.65. The lowest BCUT2D eigenvalue weighted by Crippen LogP contribution is -2.28. The molecule has 0 aliphatic rings. The number of hydrogen-bond donors (Lipinski definition) is 0. The lowest BCUT2D eigenvalue weighted by Gasteiger charge is -2.19. The van der Waals surface area contributed by atoms with Crippen LogP contribution in [-0.4, -0.2) is 24.4 Å².